The molecule has 0 aliphatic rings. The molecule has 9 heteroatoms. The first-order chi connectivity index (χ1) is 17.9. The van der Waals surface area contributed by atoms with Crippen LogP contribution < -0.4 is 5.32 Å². The molecule has 186 valence electrons. The van der Waals surface area contributed by atoms with Gasteiger partial charge < -0.3 is 10.3 Å². The van der Waals surface area contributed by atoms with Gasteiger partial charge in [-0.3, -0.25) is 14.8 Å². The van der Waals surface area contributed by atoms with Gasteiger partial charge in [0, 0.05) is 30.6 Å². The number of H-pyrrole nitrogens is 1. The number of carbonyl (C=O) groups excluding carboxylic acids is 1. The van der Waals surface area contributed by atoms with E-state index in [2.05, 4.69) is 25.3 Å². The van der Waals surface area contributed by atoms with Gasteiger partial charge in [0.1, 0.15) is 11.6 Å². The molecule has 37 heavy (non-hydrogen) atoms. The lowest BCUT2D eigenvalue weighted by Gasteiger charge is -2.17. The quantitative estimate of drug-likeness (QED) is 0.266. The number of benzene rings is 1. The highest BCUT2D eigenvalue weighted by Crippen LogP contribution is 2.37. The minimum Gasteiger partial charge on any atom is -0.353 e. The number of fused-ring (bicyclic) bond motifs is 1. The third-order valence-electron chi connectivity index (χ3n) is 5.99. The monoisotopic (exact) mass is 501 g/mol. The molecule has 1 amide bonds. The Kier molecular flexibility index (Phi) is 6.68. The van der Waals surface area contributed by atoms with E-state index in [0.29, 0.717) is 11.1 Å². The summed E-state index contributed by atoms with van der Waals surface area (Å²) in [4.78, 5) is 29.8. The summed E-state index contributed by atoms with van der Waals surface area (Å²) in [6.45, 7) is 1.95. The second-order valence-electron chi connectivity index (χ2n) is 8.65. The number of hydrogen-bond acceptors (Lipinski definition) is 4. The van der Waals surface area contributed by atoms with Crippen molar-refractivity contribution in [2.24, 2.45) is 0 Å². The lowest BCUT2D eigenvalue weighted by atomic mass is 9.95. The van der Waals surface area contributed by atoms with Crippen molar-refractivity contribution >= 4 is 22.8 Å². The molecule has 0 spiro atoms. The first-order valence-electron chi connectivity index (χ1n) is 11.6. The molecule has 5 rings (SSSR count). The van der Waals surface area contributed by atoms with Crippen LogP contribution in [0.15, 0.2) is 79.3 Å². The zero-order chi connectivity index (χ0) is 25.9. The lowest BCUT2D eigenvalue weighted by Crippen LogP contribution is -2.23. The molecule has 1 atom stereocenters. The number of rotatable bonds is 7. The number of amides is 1. The van der Waals surface area contributed by atoms with Crippen molar-refractivity contribution in [1.29, 1.82) is 0 Å². The number of aryl methyl sites for hydroxylation is 1. The van der Waals surface area contributed by atoms with Crippen LogP contribution in [0.4, 0.5) is 19.0 Å². The molecule has 0 aliphatic carbocycles. The van der Waals surface area contributed by atoms with Gasteiger partial charge in [-0.05, 0) is 60.5 Å². The molecule has 1 aromatic carbocycles. The van der Waals surface area contributed by atoms with E-state index < -0.39 is 30.5 Å². The van der Waals surface area contributed by atoms with Crippen molar-refractivity contribution in [3.63, 3.8) is 0 Å². The molecular weight excluding hydrogens is 479 g/mol. The van der Waals surface area contributed by atoms with Crippen LogP contribution in [0.5, 0.6) is 0 Å². The lowest BCUT2D eigenvalue weighted by molar-refractivity contribution is -0.118. The molecule has 4 aromatic heterocycles. The molecule has 0 radical (unpaired) electrons. The minimum atomic E-state index is -2.72. The molecule has 2 N–H and O–H groups in total. The largest absolute Gasteiger partial charge is 0.353 e. The van der Waals surface area contributed by atoms with E-state index in [1.807, 2.05) is 31.2 Å². The van der Waals surface area contributed by atoms with Crippen LogP contribution in [0.3, 0.4) is 0 Å². The van der Waals surface area contributed by atoms with Crippen LogP contribution in [0.1, 0.15) is 23.5 Å². The Morgan fingerprint density at radius 1 is 1.00 bits per heavy atom. The Labute approximate surface area is 210 Å². The molecule has 0 aliphatic heterocycles. The number of alkyl halides is 2. The number of halogens is 3. The molecular formula is C28H22F3N5O. The van der Waals surface area contributed by atoms with Gasteiger partial charge in [-0.25, -0.2) is 18.2 Å². The maximum absolute atomic E-state index is 13.3. The standard InChI is InChI=1S/C28H22F3N5O/c1-16-12-22-27(34-15-16)25(21-4-2-3-10-32-21)26(35-22)18-9-11-33-24(13-18)36-28(37)20(14-23(30)31)17-5-7-19(29)8-6-17/h2-13,15,20,23,35H,14H2,1H3,(H,33,36,37)/t20-/m1/s1. The number of aromatic amines is 1. The maximum Gasteiger partial charge on any atom is 0.239 e. The average molecular weight is 502 g/mol. The Hall–Kier alpha value is -4.53. The molecule has 6 nitrogen and oxygen atoms in total. The smallest absolute Gasteiger partial charge is 0.239 e. The van der Waals surface area contributed by atoms with Crippen molar-refractivity contribution in [2.45, 2.75) is 25.7 Å². The number of nitrogens with zero attached hydrogens (tertiary/aromatic N) is 3. The fourth-order valence-electron chi connectivity index (χ4n) is 4.29. The van der Waals surface area contributed by atoms with Crippen LogP contribution in [-0.4, -0.2) is 32.3 Å². The summed E-state index contributed by atoms with van der Waals surface area (Å²) in [7, 11) is 0. The molecule has 5 aromatic rings. The summed E-state index contributed by atoms with van der Waals surface area (Å²) in [5.74, 6) is -2.15. The normalized spacial score (nSPS) is 12.1. The number of carbonyl (C=O) groups is 1. The Morgan fingerprint density at radius 2 is 1.81 bits per heavy atom. The third kappa shape index (κ3) is 5.20. The van der Waals surface area contributed by atoms with Gasteiger partial charge in [0.15, 0.2) is 0 Å². The van der Waals surface area contributed by atoms with E-state index in [9.17, 15) is 18.0 Å². The van der Waals surface area contributed by atoms with Gasteiger partial charge in [0.05, 0.1) is 33.9 Å². The van der Waals surface area contributed by atoms with Crippen LogP contribution >= 0.6 is 0 Å². The first kappa shape index (κ1) is 24.2. The second-order valence-corrected chi connectivity index (χ2v) is 8.65. The molecule has 0 saturated heterocycles. The Balaban J connectivity index is 1.52. The summed E-state index contributed by atoms with van der Waals surface area (Å²) in [6, 6.07) is 16.0. The van der Waals surface area contributed by atoms with Crippen LogP contribution in [0.25, 0.3) is 33.5 Å². The van der Waals surface area contributed by atoms with Crippen LogP contribution in [-0.2, 0) is 4.79 Å². The molecule has 0 bridgehead atoms. The van der Waals surface area contributed by atoms with Crippen molar-refractivity contribution in [3.8, 4) is 22.5 Å². The fraction of sp³-hybridized carbons (Fsp3) is 0.143. The van der Waals surface area contributed by atoms with Crippen molar-refractivity contribution in [3.05, 3.63) is 96.2 Å². The summed E-state index contributed by atoms with van der Waals surface area (Å²) < 4.78 is 39.9. The topological polar surface area (TPSA) is 83.6 Å². The number of anilines is 1. The van der Waals surface area contributed by atoms with E-state index in [1.54, 1.807) is 24.5 Å². The SMILES string of the molecule is Cc1cnc2c(-c3ccccn3)c(-c3ccnc(NC(=O)[C@H](CC(F)F)c4ccc(F)cc4)c3)[nH]c2c1. The zero-order valence-corrected chi connectivity index (χ0v) is 19.8. The zero-order valence-electron chi connectivity index (χ0n) is 19.8. The Bertz CT molecular complexity index is 1550. The number of pyridine rings is 3. The van der Waals surface area contributed by atoms with Crippen LogP contribution in [0.2, 0.25) is 0 Å². The predicted octanol–water partition coefficient (Wildman–Crippen LogP) is 6.51. The van der Waals surface area contributed by atoms with E-state index in [1.165, 1.54) is 18.3 Å². The van der Waals surface area contributed by atoms with Crippen molar-refractivity contribution < 1.29 is 18.0 Å². The van der Waals surface area contributed by atoms with Gasteiger partial charge in [-0.15, -0.1) is 0 Å². The Morgan fingerprint density at radius 3 is 2.54 bits per heavy atom. The summed E-state index contributed by atoms with van der Waals surface area (Å²) in [5.41, 5.74) is 5.80. The van der Waals surface area contributed by atoms with Gasteiger partial charge in [-0.2, -0.15) is 0 Å². The summed E-state index contributed by atoms with van der Waals surface area (Å²) in [6.07, 6.45) is 1.58. The van der Waals surface area contributed by atoms with Gasteiger partial charge >= 0.3 is 0 Å². The number of hydrogen-bond donors (Lipinski definition) is 2. The van der Waals surface area contributed by atoms with Crippen molar-refractivity contribution in [2.75, 3.05) is 5.32 Å². The van der Waals surface area contributed by atoms with E-state index in [4.69, 9.17) is 0 Å². The second kappa shape index (κ2) is 10.2. The summed E-state index contributed by atoms with van der Waals surface area (Å²) >= 11 is 0. The van der Waals surface area contributed by atoms with Gasteiger partial charge in [0.25, 0.3) is 0 Å². The highest BCUT2D eigenvalue weighted by molar-refractivity contribution is 6.01. The number of aromatic nitrogens is 4. The van der Waals surface area contributed by atoms with Gasteiger partial charge in [0.2, 0.25) is 12.3 Å². The van der Waals surface area contributed by atoms with E-state index in [0.717, 1.165) is 45.7 Å². The highest BCUT2D eigenvalue weighted by atomic mass is 19.3. The molecule has 0 fully saturated rings. The maximum atomic E-state index is 13.3. The summed E-state index contributed by atoms with van der Waals surface area (Å²) in [5, 5.41) is 2.65. The van der Waals surface area contributed by atoms with Crippen LogP contribution in [0, 0.1) is 12.7 Å². The first-order valence-corrected chi connectivity index (χ1v) is 11.6. The number of nitrogens with one attached hydrogen (secondary N) is 2. The third-order valence-corrected chi connectivity index (χ3v) is 5.99. The molecule has 0 saturated carbocycles. The van der Waals surface area contributed by atoms with Gasteiger partial charge in [-0.1, -0.05) is 18.2 Å². The predicted molar refractivity (Wildman–Crippen MR) is 136 cm³/mol. The average Bonchev–Trinajstić information content (AvgIpc) is 3.27. The fourth-order valence-corrected chi connectivity index (χ4v) is 4.29. The molecule has 0 unspecified atom stereocenters. The van der Waals surface area contributed by atoms with E-state index in [-0.39, 0.29) is 5.82 Å². The highest BCUT2D eigenvalue weighted by Gasteiger charge is 2.26. The minimum absolute atomic E-state index is 0.193. The molecule has 4 heterocycles. The van der Waals surface area contributed by atoms with E-state index >= 15 is 0 Å². The van der Waals surface area contributed by atoms with Crippen molar-refractivity contribution in [1.82, 2.24) is 19.9 Å².